The van der Waals surface area contributed by atoms with Gasteiger partial charge in [0.1, 0.15) is 23.8 Å². The number of ether oxygens (including phenoxy) is 2. The van der Waals surface area contributed by atoms with Crippen molar-refractivity contribution in [1.82, 2.24) is 9.97 Å². The largest absolute Gasteiger partial charge is 0.385 e. The van der Waals surface area contributed by atoms with Gasteiger partial charge in [0, 0.05) is 32.7 Å². The Kier molecular flexibility index (Phi) is 4.71. The van der Waals surface area contributed by atoms with Crippen molar-refractivity contribution in [1.29, 1.82) is 0 Å². The summed E-state index contributed by atoms with van der Waals surface area (Å²) in [5.41, 5.74) is 1.59. The third-order valence-electron chi connectivity index (χ3n) is 3.43. The molecule has 0 aliphatic carbocycles. The van der Waals surface area contributed by atoms with E-state index in [0.29, 0.717) is 37.0 Å². The van der Waals surface area contributed by atoms with Crippen molar-refractivity contribution >= 4 is 11.6 Å². The van der Waals surface area contributed by atoms with Crippen molar-refractivity contribution in [3.8, 4) is 0 Å². The molecule has 20 heavy (non-hydrogen) atoms. The molecular formula is C12H21N5O3. The van der Waals surface area contributed by atoms with Crippen LogP contribution in [0.5, 0.6) is 0 Å². The molecule has 1 aliphatic rings. The molecule has 1 aromatic rings. The van der Waals surface area contributed by atoms with Gasteiger partial charge in [-0.3, -0.25) is 0 Å². The van der Waals surface area contributed by atoms with E-state index < -0.39 is 5.60 Å². The van der Waals surface area contributed by atoms with Crippen LogP contribution >= 0.6 is 0 Å². The molecule has 0 bridgehead atoms. The lowest BCUT2D eigenvalue weighted by molar-refractivity contribution is -0.0176. The van der Waals surface area contributed by atoms with E-state index in [0.717, 1.165) is 0 Å². The maximum Gasteiger partial charge on any atom is 0.158 e. The summed E-state index contributed by atoms with van der Waals surface area (Å²) < 4.78 is 10.4. The van der Waals surface area contributed by atoms with E-state index in [4.69, 9.17) is 15.3 Å². The highest BCUT2D eigenvalue weighted by atomic mass is 16.5. The number of hydrogen-bond donors (Lipinski definition) is 4. The summed E-state index contributed by atoms with van der Waals surface area (Å²) in [6, 6.07) is 1.67. The van der Waals surface area contributed by atoms with Crippen molar-refractivity contribution in [2.75, 3.05) is 31.0 Å². The molecule has 0 radical (unpaired) electrons. The predicted octanol–water partition coefficient (Wildman–Crippen LogP) is -0.140. The lowest BCUT2D eigenvalue weighted by atomic mass is 9.97. The maximum atomic E-state index is 10.4. The highest BCUT2D eigenvalue weighted by Crippen LogP contribution is 2.26. The van der Waals surface area contributed by atoms with Gasteiger partial charge in [-0.15, -0.1) is 0 Å². The smallest absolute Gasteiger partial charge is 0.158 e. The van der Waals surface area contributed by atoms with Gasteiger partial charge in [0.15, 0.2) is 5.82 Å². The van der Waals surface area contributed by atoms with Crippen LogP contribution in [0.3, 0.4) is 0 Å². The number of nitrogens with two attached hydrogens (primary N) is 1. The van der Waals surface area contributed by atoms with E-state index in [-0.39, 0.29) is 12.7 Å². The van der Waals surface area contributed by atoms with Crippen molar-refractivity contribution in [3.63, 3.8) is 0 Å². The van der Waals surface area contributed by atoms with Crippen molar-refractivity contribution in [2.24, 2.45) is 5.84 Å². The SMILES string of the molecule is COCc1nc(NN)cc(NCC2(O)CCOC2C)n1. The zero-order valence-electron chi connectivity index (χ0n) is 11.7. The fourth-order valence-corrected chi connectivity index (χ4v) is 2.10. The predicted molar refractivity (Wildman–Crippen MR) is 74.0 cm³/mol. The second kappa shape index (κ2) is 6.31. The lowest BCUT2D eigenvalue weighted by Crippen LogP contribution is -2.43. The van der Waals surface area contributed by atoms with Gasteiger partial charge in [-0.05, 0) is 6.92 Å². The average molecular weight is 283 g/mol. The first-order chi connectivity index (χ1) is 9.57. The molecular weight excluding hydrogens is 262 g/mol. The molecule has 8 heteroatoms. The molecule has 8 nitrogen and oxygen atoms in total. The minimum Gasteiger partial charge on any atom is -0.385 e. The number of hydrogen-bond acceptors (Lipinski definition) is 8. The van der Waals surface area contributed by atoms with E-state index in [2.05, 4.69) is 20.7 Å². The Morgan fingerprint density at radius 2 is 2.30 bits per heavy atom. The quantitative estimate of drug-likeness (QED) is 0.421. The Hall–Kier alpha value is -1.48. The van der Waals surface area contributed by atoms with E-state index >= 15 is 0 Å². The minimum absolute atomic E-state index is 0.206. The number of nitrogens with zero attached hydrogens (tertiary/aromatic N) is 2. The molecule has 0 saturated carbocycles. The summed E-state index contributed by atoms with van der Waals surface area (Å²) in [5, 5.41) is 13.5. The fourth-order valence-electron chi connectivity index (χ4n) is 2.10. The van der Waals surface area contributed by atoms with E-state index in [9.17, 15) is 5.11 Å². The number of rotatable bonds is 6. The Morgan fingerprint density at radius 3 is 2.90 bits per heavy atom. The van der Waals surface area contributed by atoms with Gasteiger partial charge >= 0.3 is 0 Å². The molecule has 1 aliphatic heterocycles. The second-order valence-electron chi connectivity index (χ2n) is 4.85. The first-order valence-electron chi connectivity index (χ1n) is 6.49. The Morgan fingerprint density at radius 1 is 1.55 bits per heavy atom. The highest BCUT2D eigenvalue weighted by Gasteiger charge is 2.39. The molecule has 0 amide bonds. The molecule has 112 valence electrons. The van der Waals surface area contributed by atoms with Crippen LogP contribution in [0.1, 0.15) is 19.2 Å². The van der Waals surface area contributed by atoms with Crippen LogP contribution in [0, 0.1) is 0 Å². The minimum atomic E-state index is -0.886. The molecule has 0 aromatic carbocycles. The highest BCUT2D eigenvalue weighted by molar-refractivity contribution is 5.47. The van der Waals surface area contributed by atoms with Gasteiger partial charge in [0.25, 0.3) is 0 Å². The Labute approximate surface area is 117 Å². The van der Waals surface area contributed by atoms with Crippen molar-refractivity contribution < 1.29 is 14.6 Å². The third-order valence-corrected chi connectivity index (χ3v) is 3.43. The molecule has 1 aromatic heterocycles. The molecule has 1 fully saturated rings. The summed E-state index contributed by atoms with van der Waals surface area (Å²) in [5.74, 6) is 6.94. The normalized spacial score (nSPS) is 25.7. The standard InChI is InChI=1S/C12H21N5O3/c1-8-12(18,3-4-20-8)7-14-9-5-10(17-13)16-11(15-9)6-19-2/h5,8,18H,3-4,6-7,13H2,1-2H3,(H2,14,15,16,17). The van der Waals surface area contributed by atoms with Gasteiger partial charge in [-0.2, -0.15) is 0 Å². The van der Waals surface area contributed by atoms with Gasteiger partial charge in [-0.1, -0.05) is 0 Å². The van der Waals surface area contributed by atoms with Crippen LogP contribution in [0.25, 0.3) is 0 Å². The summed E-state index contributed by atoms with van der Waals surface area (Å²) in [7, 11) is 1.57. The number of aliphatic hydroxyl groups is 1. The molecule has 2 atom stereocenters. The first kappa shape index (κ1) is 14.9. The third kappa shape index (κ3) is 3.34. The molecule has 2 unspecified atom stereocenters. The van der Waals surface area contributed by atoms with Crippen LogP contribution in [0.15, 0.2) is 6.07 Å². The maximum absolute atomic E-state index is 10.4. The lowest BCUT2D eigenvalue weighted by Gasteiger charge is -2.26. The van der Waals surface area contributed by atoms with E-state index in [1.807, 2.05) is 6.92 Å². The molecule has 1 saturated heterocycles. The van der Waals surface area contributed by atoms with Crippen LogP contribution < -0.4 is 16.6 Å². The molecule has 2 rings (SSSR count). The number of hydrazine groups is 1. The number of methoxy groups -OCH3 is 1. The number of nitrogens with one attached hydrogen (secondary N) is 2. The summed E-state index contributed by atoms with van der Waals surface area (Å²) >= 11 is 0. The zero-order chi connectivity index (χ0) is 14.6. The van der Waals surface area contributed by atoms with Gasteiger partial charge in [0.05, 0.1) is 6.10 Å². The first-order valence-corrected chi connectivity index (χ1v) is 6.49. The van der Waals surface area contributed by atoms with Crippen molar-refractivity contribution in [3.05, 3.63) is 11.9 Å². The van der Waals surface area contributed by atoms with Gasteiger partial charge in [0.2, 0.25) is 0 Å². The molecule has 5 N–H and O–H groups in total. The Balaban J connectivity index is 2.06. The van der Waals surface area contributed by atoms with Crippen LogP contribution in [-0.4, -0.2) is 47.0 Å². The number of nitrogen functional groups attached to an aromatic ring is 1. The van der Waals surface area contributed by atoms with Gasteiger partial charge in [-0.25, -0.2) is 15.8 Å². The number of aromatic nitrogens is 2. The average Bonchev–Trinajstić information content (AvgIpc) is 2.77. The summed E-state index contributed by atoms with van der Waals surface area (Å²) in [6.07, 6.45) is 0.390. The van der Waals surface area contributed by atoms with Crippen molar-refractivity contribution in [2.45, 2.75) is 31.7 Å². The van der Waals surface area contributed by atoms with Gasteiger partial charge < -0.3 is 25.3 Å². The van der Waals surface area contributed by atoms with Crippen LogP contribution in [-0.2, 0) is 16.1 Å². The summed E-state index contributed by atoms with van der Waals surface area (Å²) in [6.45, 7) is 3.06. The van der Waals surface area contributed by atoms with Crippen LogP contribution in [0.4, 0.5) is 11.6 Å². The fraction of sp³-hybridized carbons (Fsp3) is 0.667. The second-order valence-corrected chi connectivity index (χ2v) is 4.85. The summed E-state index contributed by atoms with van der Waals surface area (Å²) in [4.78, 5) is 8.45. The monoisotopic (exact) mass is 283 g/mol. The van der Waals surface area contributed by atoms with E-state index in [1.165, 1.54) is 0 Å². The van der Waals surface area contributed by atoms with Crippen LogP contribution in [0.2, 0.25) is 0 Å². The zero-order valence-corrected chi connectivity index (χ0v) is 11.7. The van der Waals surface area contributed by atoms with E-state index in [1.54, 1.807) is 13.2 Å². The Bertz CT molecular complexity index is 459. The topological polar surface area (TPSA) is 115 Å². The molecule has 0 spiro atoms. The number of anilines is 2. The molecule has 2 heterocycles.